The first-order valence-corrected chi connectivity index (χ1v) is 6.80. The lowest BCUT2D eigenvalue weighted by atomic mass is 9.95. The molecular weight excluding hydrogens is 280 g/mol. The van der Waals surface area contributed by atoms with Crippen LogP contribution in [0, 0.1) is 0 Å². The van der Waals surface area contributed by atoms with Crippen LogP contribution in [-0.2, 0) is 11.2 Å². The summed E-state index contributed by atoms with van der Waals surface area (Å²) in [6, 6.07) is 14.3. The van der Waals surface area contributed by atoms with Gasteiger partial charge in [-0.2, -0.15) is 0 Å². The molecule has 0 spiro atoms. The molecule has 22 heavy (non-hydrogen) atoms. The number of carboxylic acids is 1. The average molecular weight is 296 g/mol. The summed E-state index contributed by atoms with van der Waals surface area (Å²) in [4.78, 5) is 23.6. The van der Waals surface area contributed by atoms with Crippen LogP contribution in [0.2, 0.25) is 0 Å². The number of carbonyl (C=O) groups excluding carboxylic acids is 1. The van der Waals surface area contributed by atoms with E-state index >= 15 is 0 Å². The number of ether oxygens (including phenoxy) is 1. The van der Waals surface area contributed by atoms with Crippen LogP contribution >= 0.6 is 0 Å². The van der Waals surface area contributed by atoms with Crippen molar-refractivity contribution in [2.75, 3.05) is 6.61 Å². The maximum absolute atomic E-state index is 12.0. The van der Waals surface area contributed by atoms with Gasteiger partial charge in [0.1, 0.15) is 6.61 Å². The maximum Gasteiger partial charge on any atom is 0.339 e. The van der Waals surface area contributed by atoms with E-state index in [4.69, 9.17) is 4.74 Å². The smallest absolute Gasteiger partial charge is 0.339 e. The number of hydrogen-bond acceptors (Lipinski definition) is 3. The highest BCUT2D eigenvalue weighted by molar-refractivity contribution is 6.03. The molecule has 0 heterocycles. The van der Waals surface area contributed by atoms with Gasteiger partial charge in [0.05, 0.1) is 11.1 Å². The van der Waals surface area contributed by atoms with Gasteiger partial charge in [0, 0.05) is 0 Å². The number of benzene rings is 2. The van der Waals surface area contributed by atoms with Gasteiger partial charge in [-0.05, 0) is 23.6 Å². The van der Waals surface area contributed by atoms with Crippen LogP contribution in [-0.4, -0.2) is 23.7 Å². The molecule has 112 valence electrons. The highest BCUT2D eigenvalue weighted by Crippen LogP contribution is 2.20. The third-order valence-corrected chi connectivity index (χ3v) is 3.15. The zero-order chi connectivity index (χ0) is 15.9. The Balaban J connectivity index is 2.40. The Kier molecular flexibility index (Phi) is 5.09. The van der Waals surface area contributed by atoms with E-state index in [0.717, 1.165) is 5.56 Å². The minimum atomic E-state index is -1.14. The predicted octanol–water partition coefficient (Wildman–Crippen LogP) is 3.32. The van der Waals surface area contributed by atoms with E-state index in [1.54, 1.807) is 12.1 Å². The molecule has 0 aliphatic rings. The van der Waals surface area contributed by atoms with Gasteiger partial charge in [0.25, 0.3) is 0 Å². The van der Waals surface area contributed by atoms with Gasteiger partial charge in [-0.15, -0.1) is 0 Å². The van der Waals surface area contributed by atoms with E-state index in [9.17, 15) is 14.7 Å². The Morgan fingerprint density at radius 2 is 1.82 bits per heavy atom. The summed E-state index contributed by atoms with van der Waals surface area (Å²) in [6.45, 7) is 3.51. The van der Waals surface area contributed by atoms with E-state index in [1.165, 1.54) is 12.1 Å². The first-order valence-electron chi connectivity index (χ1n) is 6.80. The fourth-order valence-electron chi connectivity index (χ4n) is 2.20. The SMILES string of the molecule is C=CCOC(=O)c1cccc(Cc2ccccc2)c1C(=O)O. The molecule has 0 saturated heterocycles. The van der Waals surface area contributed by atoms with Crippen molar-refractivity contribution in [2.45, 2.75) is 6.42 Å². The third-order valence-electron chi connectivity index (χ3n) is 3.15. The van der Waals surface area contributed by atoms with Crippen LogP contribution in [0.4, 0.5) is 0 Å². The molecule has 0 radical (unpaired) electrons. The molecule has 2 rings (SSSR count). The Hall–Kier alpha value is -2.88. The van der Waals surface area contributed by atoms with Gasteiger partial charge in [-0.3, -0.25) is 0 Å². The Labute approximate surface area is 128 Å². The molecule has 0 unspecified atom stereocenters. The van der Waals surface area contributed by atoms with E-state index in [0.29, 0.717) is 12.0 Å². The molecule has 0 fully saturated rings. The average Bonchev–Trinajstić information content (AvgIpc) is 2.53. The zero-order valence-electron chi connectivity index (χ0n) is 12.0. The van der Waals surface area contributed by atoms with Crippen molar-refractivity contribution in [1.29, 1.82) is 0 Å². The molecule has 0 bridgehead atoms. The molecule has 4 heteroatoms. The Morgan fingerprint density at radius 3 is 2.45 bits per heavy atom. The van der Waals surface area contributed by atoms with Gasteiger partial charge in [-0.25, -0.2) is 9.59 Å². The number of aromatic carboxylic acids is 1. The molecule has 0 aliphatic heterocycles. The minimum absolute atomic E-state index is 0.0135. The number of esters is 1. The van der Waals surface area contributed by atoms with Gasteiger partial charge < -0.3 is 9.84 Å². The van der Waals surface area contributed by atoms with Gasteiger partial charge >= 0.3 is 11.9 Å². The Morgan fingerprint density at radius 1 is 1.09 bits per heavy atom. The highest BCUT2D eigenvalue weighted by Gasteiger charge is 2.21. The lowest BCUT2D eigenvalue weighted by Crippen LogP contribution is -2.14. The van der Waals surface area contributed by atoms with E-state index in [-0.39, 0.29) is 17.7 Å². The van der Waals surface area contributed by atoms with Crippen molar-refractivity contribution >= 4 is 11.9 Å². The second-order valence-corrected chi connectivity index (χ2v) is 4.69. The number of carboxylic acid groups (broad SMARTS) is 1. The number of rotatable bonds is 6. The monoisotopic (exact) mass is 296 g/mol. The summed E-state index contributed by atoms with van der Waals surface area (Å²) in [5.74, 6) is -1.80. The summed E-state index contributed by atoms with van der Waals surface area (Å²) in [7, 11) is 0. The minimum Gasteiger partial charge on any atom is -0.478 e. The Bertz CT molecular complexity index is 689. The van der Waals surface area contributed by atoms with Crippen molar-refractivity contribution in [1.82, 2.24) is 0 Å². The number of hydrogen-bond donors (Lipinski definition) is 1. The molecular formula is C18H16O4. The lowest BCUT2D eigenvalue weighted by molar-refractivity contribution is 0.0536. The maximum atomic E-state index is 12.0. The van der Waals surface area contributed by atoms with E-state index in [2.05, 4.69) is 6.58 Å². The first kappa shape index (κ1) is 15.5. The van der Waals surface area contributed by atoms with Crippen LogP contribution in [0.3, 0.4) is 0 Å². The van der Waals surface area contributed by atoms with Gasteiger partial charge in [0.2, 0.25) is 0 Å². The zero-order valence-corrected chi connectivity index (χ0v) is 12.0. The van der Waals surface area contributed by atoms with Crippen LogP contribution in [0.1, 0.15) is 31.8 Å². The second-order valence-electron chi connectivity index (χ2n) is 4.69. The fourth-order valence-corrected chi connectivity index (χ4v) is 2.20. The van der Waals surface area contributed by atoms with Crippen molar-refractivity contribution < 1.29 is 19.4 Å². The normalized spacial score (nSPS) is 10.0. The number of carbonyl (C=O) groups is 2. The van der Waals surface area contributed by atoms with Crippen LogP contribution in [0.25, 0.3) is 0 Å². The van der Waals surface area contributed by atoms with Crippen LogP contribution in [0.15, 0.2) is 61.2 Å². The van der Waals surface area contributed by atoms with Crippen molar-refractivity contribution in [3.8, 4) is 0 Å². The van der Waals surface area contributed by atoms with Crippen molar-refractivity contribution in [2.24, 2.45) is 0 Å². The lowest BCUT2D eigenvalue weighted by Gasteiger charge is -2.11. The third kappa shape index (κ3) is 3.61. The van der Waals surface area contributed by atoms with Gasteiger partial charge in [-0.1, -0.05) is 55.1 Å². The van der Waals surface area contributed by atoms with Gasteiger partial charge in [0.15, 0.2) is 0 Å². The molecule has 0 aliphatic carbocycles. The highest BCUT2D eigenvalue weighted by atomic mass is 16.5. The predicted molar refractivity (Wildman–Crippen MR) is 83.1 cm³/mol. The van der Waals surface area contributed by atoms with Crippen LogP contribution in [0.5, 0.6) is 0 Å². The van der Waals surface area contributed by atoms with Crippen molar-refractivity contribution in [3.05, 3.63) is 83.4 Å². The summed E-state index contributed by atoms with van der Waals surface area (Å²) in [5.41, 5.74) is 1.59. The quantitative estimate of drug-likeness (QED) is 0.656. The topological polar surface area (TPSA) is 63.6 Å². The standard InChI is InChI=1S/C18H16O4/c1-2-11-22-18(21)15-10-6-9-14(16(15)17(19)20)12-13-7-4-3-5-8-13/h2-10H,1,11-12H2,(H,19,20). The molecule has 1 N–H and O–H groups in total. The second kappa shape index (κ2) is 7.22. The van der Waals surface area contributed by atoms with Crippen LogP contribution < -0.4 is 0 Å². The van der Waals surface area contributed by atoms with E-state index in [1.807, 2.05) is 30.3 Å². The first-order chi connectivity index (χ1) is 10.6. The molecule has 0 saturated carbocycles. The van der Waals surface area contributed by atoms with E-state index < -0.39 is 11.9 Å². The molecule has 2 aromatic rings. The van der Waals surface area contributed by atoms with Crippen molar-refractivity contribution in [3.63, 3.8) is 0 Å². The molecule has 4 nitrogen and oxygen atoms in total. The molecule has 0 atom stereocenters. The summed E-state index contributed by atoms with van der Waals surface area (Å²) in [6.07, 6.45) is 1.87. The molecule has 0 amide bonds. The summed E-state index contributed by atoms with van der Waals surface area (Å²) >= 11 is 0. The summed E-state index contributed by atoms with van der Waals surface area (Å²) in [5, 5.41) is 9.47. The molecule has 0 aromatic heterocycles. The largest absolute Gasteiger partial charge is 0.478 e. The fraction of sp³-hybridized carbons (Fsp3) is 0.111. The molecule has 2 aromatic carbocycles. The summed E-state index contributed by atoms with van der Waals surface area (Å²) < 4.78 is 4.95.